The van der Waals surface area contributed by atoms with Gasteiger partial charge in [-0.15, -0.1) is 0 Å². The number of rotatable bonds is 7. The molecule has 1 rings (SSSR count). The van der Waals surface area contributed by atoms with Gasteiger partial charge in [0.2, 0.25) is 0 Å². The molecule has 1 atom stereocenters. The summed E-state index contributed by atoms with van der Waals surface area (Å²) in [4.78, 5) is 0. The van der Waals surface area contributed by atoms with Crippen molar-refractivity contribution in [3.63, 3.8) is 0 Å². The fourth-order valence-electron chi connectivity index (χ4n) is 1.38. The zero-order chi connectivity index (χ0) is 10.9. The number of para-hydroxylation sites is 1. The van der Waals surface area contributed by atoms with Crippen molar-refractivity contribution in [2.24, 2.45) is 0 Å². The summed E-state index contributed by atoms with van der Waals surface area (Å²) < 4.78 is 11.3. The molecule has 0 heterocycles. The van der Waals surface area contributed by atoms with E-state index < -0.39 is 0 Å². The van der Waals surface area contributed by atoms with Gasteiger partial charge in [-0.25, -0.2) is 0 Å². The van der Waals surface area contributed by atoms with Crippen molar-refractivity contribution in [3.05, 3.63) is 30.3 Å². The van der Waals surface area contributed by atoms with Gasteiger partial charge in [0, 0.05) is 13.0 Å². The molecule has 1 aromatic carbocycles. The second-order valence-corrected chi connectivity index (χ2v) is 3.46. The SMILES string of the molecule is CCCCC(OCC)Oc1ccccc1. The third kappa shape index (κ3) is 4.84. The summed E-state index contributed by atoms with van der Waals surface area (Å²) in [6, 6.07) is 9.83. The van der Waals surface area contributed by atoms with Gasteiger partial charge in [-0.2, -0.15) is 0 Å². The number of ether oxygens (including phenoxy) is 2. The van der Waals surface area contributed by atoms with Crippen LogP contribution in [-0.4, -0.2) is 12.9 Å². The largest absolute Gasteiger partial charge is 0.465 e. The third-order valence-electron chi connectivity index (χ3n) is 2.16. The van der Waals surface area contributed by atoms with E-state index in [0.29, 0.717) is 6.61 Å². The lowest BCUT2D eigenvalue weighted by molar-refractivity contribution is -0.0806. The van der Waals surface area contributed by atoms with E-state index in [2.05, 4.69) is 6.92 Å². The minimum absolute atomic E-state index is 0.0997. The molecular weight excluding hydrogens is 188 g/mol. The van der Waals surface area contributed by atoms with Crippen LogP contribution in [0.15, 0.2) is 30.3 Å². The Morgan fingerprint density at radius 2 is 1.87 bits per heavy atom. The molecule has 1 unspecified atom stereocenters. The second kappa shape index (κ2) is 7.30. The van der Waals surface area contributed by atoms with Gasteiger partial charge in [0.05, 0.1) is 0 Å². The molecule has 2 nitrogen and oxygen atoms in total. The minimum Gasteiger partial charge on any atom is -0.465 e. The molecule has 0 radical (unpaired) electrons. The highest BCUT2D eigenvalue weighted by molar-refractivity contribution is 5.20. The van der Waals surface area contributed by atoms with Gasteiger partial charge in [0.1, 0.15) is 5.75 Å². The first-order valence-corrected chi connectivity index (χ1v) is 5.70. The fourth-order valence-corrected chi connectivity index (χ4v) is 1.38. The highest BCUT2D eigenvalue weighted by atomic mass is 16.7. The first-order chi connectivity index (χ1) is 7.36. The average molecular weight is 208 g/mol. The van der Waals surface area contributed by atoms with Crippen LogP contribution in [0.2, 0.25) is 0 Å². The second-order valence-electron chi connectivity index (χ2n) is 3.46. The Morgan fingerprint density at radius 3 is 2.47 bits per heavy atom. The minimum atomic E-state index is -0.0997. The van der Waals surface area contributed by atoms with Crippen LogP contribution in [0.4, 0.5) is 0 Å². The monoisotopic (exact) mass is 208 g/mol. The molecule has 0 spiro atoms. The van der Waals surface area contributed by atoms with Crippen molar-refractivity contribution < 1.29 is 9.47 Å². The van der Waals surface area contributed by atoms with Crippen LogP contribution in [0.25, 0.3) is 0 Å². The molecule has 15 heavy (non-hydrogen) atoms. The molecule has 0 fully saturated rings. The Bertz CT molecular complexity index is 246. The van der Waals surface area contributed by atoms with Gasteiger partial charge in [-0.05, 0) is 25.5 Å². The molecule has 0 aliphatic rings. The van der Waals surface area contributed by atoms with Gasteiger partial charge < -0.3 is 9.47 Å². The molecule has 0 bridgehead atoms. The van der Waals surface area contributed by atoms with Gasteiger partial charge in [0.25, 0.3) is 0 Å². The van der Waals surface area contributed by atoms with E-state index in [1.807, 2.05) is 37.3 Å². The lowest BCUT2D eigenvalue weighted by atomic mass is 10.2. The van der Waals surface area contributed by atoms with Gasteiger partial charge >= 0.3 is 0 Å². The standard InChI is InChI=1S/C13H20O2/c1-3-5-11-13(14-4-2)15-12-9-7-6-8-10-12/h6-10,13H,3-5,11H2,1-2H3. The zero-order valence-corrected chi connectivity index (χ0v) is 9.61. The van der Waals surface area contributed by atoms with E-state index in [1.54, 1.807) is 0 Å². The fraction of sp³-hybridized carbons (Fsp3) is 0.538. The summed E-state index contributed by atoms with van der Waals surface area (Å²) in [5.41, 5.74) is 0. The van der Waals surface area contributed by atoms with E-state index >= 15 is 0 Å². The average Bonchev–Trinajstić information content (AvgIpc) is 2.28. The normalized spacial score (nSPS) is 12.4. The molecule has 0 aliphatic heterocycles. The third-order valence-corrected chi connectivity index (χ3v) is 2.16. The maximum absolute atomic E-state index is 5.73. The molecule has 84 valence electrons. The molecule has 0 saturated carbocycles. The highest BCUT2D eigenvalue weighted by Crippen LogP contribution is 2.14. The van der Waals surface area contributed by atoms with E-state index in [-0.39, 0.29) is 6.29 Å². The number of benzene rings is 1. The summed E-state index contributed by atoms with van der Waals surface area (Å²) in [5.74, 6) is 0.882. The molecule has 0 aromatic heterocycles. The summed E-state index contributed by atoms with van der Waals surface area (Å²) in [5, 5.41) is 0. The topological polar surface area (TPSA) is 18.5 Å². The maximum Gasteiger partial charge on any atom is 0.199 e. The molecule has 2 heteroatoms. The van der Waals surface area contributed by atoms with E-state index in [9.17, 15) is 0 Å². The van der Waals surface area contributed by atoms with Gasteiger partial charge in [-0.1, -0.05) is 31.5 Å². The summed E-state index contributed by atoms with van der Waals surface area (Å²) in [6.45, 7) is 4.86. The lowest BCUT2D eigenvalue weighted by Gasteiger charge is -2.18. The molecule has 1 aromatic rings. The Kier molecular flexibility index (Phi) is 5.86. The van der Waals surface area contributed by atoms with Gasteiger partial charge in [-0.3, -0.25) is 0 Å². The number of hydrogen-bond donors (Lipinski definition) is 0. The van der Waals surface area contributed by atoms with Gasteiger partial charge in [0.15, 0.2) is 6.29 Å². The van der Waals surface area contributed by atoms with Crippen molar-refractivity contribution in [1.29, 1.82) is 0 Å². The molecule has 0 N–H and O–H groups in total. The quantitative estimate of drug-likeness (QED) is 0.637. The summed E-state index contributed by atoms with van der Waals surface area (Å²) >= 11 is 0. The van der Waals surface area contributed by atoms with Crippen LogP contribution in [0.1, 0.15) is 33.1 Å². The number of unbranched alkanes of at least 4 members (excludes halogenated alkanes) is 1. The van der Waals surface area contributed by atoms with Crippen LogP contribution in [0, 0.1) is 0 Å². The van der Waals surface area contributed by atoms with Crippen molar-refractivity contribution in [1.82, 2.24) is 0 Å². The summed E-state index contributed by atoms with van der Waals surface area (Å²) in [6.07, 6.45) is 3.16. The van der Waals surface area contributed by atoms with E-state index in [0.717, 1.165) is 18.6 Å². The molecule has 0 aliphatic carbocycles. The number of hydrogen-bond acceptors (Lipinski definition) is 2. The Morgan fingerprint density at radius 1 is 1.13 bits per heavy atom. The molecule has 0 saturated heterocycles. The van der Waals surface area contributed by atoms with Crippen molar-refractivity contribution in [3.8, 4) is 5.75 Å². The van der Waals surface area contributed by atoms with Crippen LogP contribution in [0.5, 0.6) is 5.75 Å². The predicted octanol–water partition coefficient (Wildman–Crippen LogP) is 3.62. The molecule has 0 amide bonds. The van der Waals surface area contributed by atoms with Crippen molar-refractivity contribution in [2.45, 2.75) is 39.4 Å². The Hall–Kier alpha value is -1.02. The Labute approximate surface area is 92.2 Å². The van der Waals surface area contributed by atoms with E-state index in [4.69, 9.17) is 9.47 Å². The zero-order valence-electron chi connectivity index (χ0n) is 9.61. The van der Waals surface area contributed by atoms with Crippen molar-refractivity contribution in [2.75, 3.05) is 6.61 Å². The maximum atomic E-state index is 5.73. The van der Waals surface area contributed by atoms with E-state index in [1.165, 1.54) is 6.42 Å². The Balaban J connectivity index is 2.43. The first-order valence-electron chi connectivity index (χ1n) is 5.70. The van der Waals surface area contributed by atoms with Crippen LogP contribution < -0.4 is 4.74 Å². The lowest BCUT2D eigenvalue weighted by Crippen LogP contribution is -2.20. The first kappa shape index (κ1) is 12.1. The summed E-state index contributed by atoms with van der Waals surface area (Å²) in [7, 11) is 0. The van der Waals surface area contributed by atoms with Crippen LogP contribution in [0.3, 0.4) is 0 Å². The predicted molar refractivity (Wildman–Crippen MR) is 62.0 cm³/mol. The smallest absolute Gasteiger partial charge is 0.199 e. The highest BCUT2D eigenvalue weighted by Gasteiger charge is 2.08. The van der Waals surface area contributed by atoms with Crippen molar-refractivity contribution >= 4 is 0 Å². The van der Waals surface area contributed by atoms with Crippen LogP contribution >= 0.6 is 0 Å². The molecular formula is C13H20O2. The van der Waals surface area contributed by atoms with Crippen LogP contribution in [-0.2, 0) is 4.74 Å².